The van der Waals surface area contributed by atoms with Crippen molar-refractivity contribution in [3.05, 3.63) is 88.9 Å². The number of rotatable bonds is 6. The van der Waals surface area contributed by atoms with E-state index in [1.807, 2.05) is 79.9 Å². The first kappa shape index (κ1) is 21.3. The Bertz CT molecular complexity index is 1320. The van der Waals surface area contributed by atoms with E-state index in [0.29, 0.717) is 27.7 Å². The molecule has 0 N–H and O–H groups in total. The lowest BCUT2D eigenvalue weighted by Gasteiger charge is -2.11. The van der Waals surface area contributed by atoms with E-state index in [2.05, 4.69) is 4.98 Å². The Morgan fingerprint density at radius 2 is 1.66 bits per heavy atom. The van der Waals surface area contributed by atoms with Gasteiger partial charge in [0, 0.05) is 33.7 Å². The summed E-state index contributed by atoms with van der Waals surface area (Å²) >= 11 is 0. The van der Waals surface area contributed by atoms with Gasteiger partial charge in [-0.15, -0.1) is 0 Å². The number of aromatic nitrogens is 2. The molecule has 0 bridgehead atoms. The molecule has 0 amide bonds. The second-order valence-corrected chi connectivity index (χ2v) is 7.65. The van der Waals surface area contributed by atoms with Crippen LogP contribution in [0, 0.1) is 20.8 Å². The highest BCUT2D eigenvalue weighted by atomic mass is 16.5. The summed E-state index contributed by atoms with van der Waals surface area (Å²) in [6, 6.07) is 18.5. The predicted octanol–water partition coefficient (Wildman–Crippen LogP) is 5.00. The number of hydrogen-bond donors (Lipinski definition) is 0. The molecule has 2 aromatic heterocycles. The van der Waals surface area contributed by atoms with E-state index in [9.17, 15) is 9.59 Å². The Kier molecular flexibility index (Phi) is 5.77. The quantitative estimate of drug-likeness (QED) is 0.319. The number of para-hydroxylation sites is 1. The standard InChI is InChI=1S/C26H24N2O4/c1-16-13-23(21-7-5-6-8-24(21)27-16)26(30)32-15-25(29)22-14-17(2)28(18(22)3)19-9-11-20(31-4)12-10-19/h5-14H,15H2,1-4H3. The van der Waals surface area contributed by atoms with Crippen LogP contribution in [0.25, 0.3) is 16.6 Å². The van der Waals surface area contributed by atoms with Crippen molar-refractivity contribution in [2.45, 2.75) is 20.8 Å². The van der Waals surface area contributed by atoms with E-state index in [1.54, 1.807) is 13.2 Å². The molecule has 0 aliphatic rings. The SMILES string of the molecule is COc1ccc(-n2c(C)cc(C(=O)COC(=O)c3cc(C)nc4ccccc34)c2C)cc1. The molecular formula is C26H24N2O4. The third-order valence-electron chi connectivity index (χ3n) is 5.46. The van der Waals surface area contributed by atoms with Crippen LogP contribution in [0.3, 0.4) is 0 Å². The Balaban J connectivity index is 1.55. The number of pyridine rings is 1. The molecule has 32 heavy (non-hydrogen) atoms. The van der Waals surface area contributed by atoms with Gasteiger partial charge in [0.15, 0.2) is 6.61 Å². The fraction of sp³-hybridized carbons (Fsp3) is 0.192. The van der Waals surface area contributed by atoms with Crippen LogP contribution < -0.4 is 4.74 Å². The molecule has 0 aliphatic heterocycles. The molecule has 0 saturated heterocycles. The van der Waals surface area contributed by atoms with Crippen molar-refractivity contribution >= 4 is 22.7 Å². The Labute approximate surface area is 186 Å². The van der Waals surface area contributed by atoms with Gasteiger partial charge in [-0.1, -0.05) is 18.2 Å². The van der Waals surface area contributed by atoms with Crippen LogP contribution in [0.5, 0.6) is 5.75 Å². The van der Waals surface area contributed by atoms with Gasteiger partial charge in [0.25, 0.3) is 0 Å². The van der Waals surface area contributed by atoms with Crippen LogP contribution >= 0.6 is 0 Å². The van der Waals surface area contributed by atoms with Gasteiger partial charge in [-0.2, -0.15) is 0 Å². The van der Waals surface area contributed by atoms with E-state index < -0.39 is 5.97 Å². The second-order valence-electron chi connectivity index (χ2n) is 7.65. The van der Waals surface area contributed by atoms with Crippen LogP contribution in [-0.4, -0.2) is 35.0 Å². The third-order valence-corrected chi connectivity index (χ3v) is 5.46. The average molecular weight is 428 g/mol. The van der Waals surface area contributed by atoms with Gasteiger partial charge in [-0.3, -0.25) is 9.78 Å². The number of nitrogens with zero attached hydrogens (tertiary/aromatic N) is 2. The maximum Gasteiger partial charge on any atom is 0.339 e. The summed E-state index contributed by atoms with van der Waals surface area (Å²) in [6.45, 7) is 5.31. The highest BCUT2D eigenvalue weighted by Gasteiger charge is 2.20. The summed E-state index contributed by atoms with van der Waals surface area (Å²) in [6.07, 6.45) is 0. The summed E-state index contributed by atoms with van der Waals surface area (Å²) < 4.78 is 12.6. The molecule has 6 heteroatoms. The van der Waals surface area contributed by atoms with Gasteiger partial charge >= 0.3 is 5.97 Å². The normalized spacial score (nSPS) is 10.9. The van der Waals surface area contributed by atoms with Crippen molar-refractivity contribution < 1.29 is 19.1 Å². The van der Waals surface area contributed by atoms with Crippen LogP contribution in [0.1, 0.15) is 37.8 Å². The molecule has 0 atom stereocenters. The van der Waals surface area contributed by atoms with E-state index in [1.165, 1.54) is 0 Å². The number of aryl methyl sites for hydroxylation is 2. The molecule has 162 valence electrons. The summed E-state index contributed by atoms with van der Waals surface area (Å²) in [5.74, 6) is -0.0244. The second kappa shape index (κ2) is 8.67. The maximum atomic E-state index is 12.9. The summed E-state index contributed by atoms with van der Waals surface area (Å²) in [5.41, 5.74) is 5.00. The highest BCUT2D eigenvalue weighted by Crippen LogP contribution is 2.24. The van der Waals surface area contributed by atoms with Crippen molar-refractivity contribution in [2.24, 2.45) is 0 Å². The molecule has 0 spiro atoms. The van der Waals surface area contributed by atoms with Crippen molar-refractivity contribution in [3.8, 4) is 11.4 Å². The lowest BCUT2D eigenvalue weighted by atomic mass is 10.1. The van der Waals surface area contributed by atoms with Crippen LogP contribution in [0.4, 0.5) is 0 Å². The minimum atomic E-state index is -0.538. The first-order valence-corrected chi connectivity index (χ1v) is 10.3. The number of Topliss-reactive ketones (excluding diaryl/α,β-unsaturated/α-hetero) is 1. The largest absolute Gasteiger partial charge is 0.497 e. The molecule has 0 aliphatic carbocycles. The van der Waals surface area contributed by atoms with E-state index in [4.69, 9.17) is 9.47 Å². The number of fused-ring (bicyclic) bond motifs is 1. The number of carbonyl (C=O) groups excluding carboxylic acids is 2. The molecule has 0 radical (unpaired) electrons. The van der Waals surface area contributed by atoms with E-state index in [-0.39, 0.29) is 12.4 Å². The van der Waals surface area contributed by atoms with Crippen molar-refractivity contribution in [1.82, 2.24) is 9.55 Å². The molecule has 4 aromatic rings. The molecular weight excluding hydrogens is 404 g/mol. The zero-order valence-electron chi connectivity index (χ0n) is 18.5. The highest BCUT2D eigenvalue weighted by molar-refractivity contribution is 6.05. The van der Waals surface area contributed by atoms with Crippen LogP contribution in [0.2, 0.25) is 0 Å². The zero-order chi connectivity index (χ0) is 22.8. The molecule has 2 heterocycles. The van der Waals surface area contributed by atoms with Crippen molar-refractivity contribution in [3.63, 3.8) is 0 Å². The van der Waals surface area contributed by atoms with Gasteiger partial charge in [0.05, 0.1) is 18.2 Å². The third kappa shape index (κ3) is 3.99. The van der Waals surface area contributed by atoms with Crippen molar-refractivity contribution in [2.75, 3.05) is 13.7 Å². The number of ether oxygens (including phenoxy) is 2. The van der Waals surface area contributed by atoms with Gasteiger partial charge in [0.2, 0.25) is 5.78 Å². The molecule has 2 aromatic carbocycles. The number of carbonyl (C=O) groups is 2. The number of hydrogen-bond acceptors (Lipinski definition) is 5. The Morgan fingerprint density at radius 1 is 0.938 bits per heavy atom. The molecule has 6 nitrogen and oxygen atoms in total. The first-order valence-electron chi connectivity index (χ1n) is 10.3. The summed E-state index contributed by atoms with van der Waals surface area (Å²) in [4.78, 5) is 30.1. The zero-order valence-corrected chi connectivity index (χ0v) is 18.5. The lowest BCUT2D eigenvalue weighted by molar-refractivity contribution is 0.0476. The molecule has 4 rings (SSSR count). The number of methoxy groups -OCH3 is 1. The first-order chi connectivity index (χ1) is 15.4. The Hall–Kier alpha value is -3.93. The summed E-state index contributed by atoms with van der Waals surface area (Å²) in [7, 11) is 1.62. The van der Waals surface area contributed by atoms with Gasteiger partial charge in [0.1, 0.15) is 5.75 Å². The average Bonchev–Trinajstić information content (AvgIpc) is 3.10. The van der Waals surface area contributed by atoms with E-state index >= 15 is 0 Å². The Morgan fingerprint density at radius 3 is 2.38 bits per heavy atom. The monoisotopic (exact) mass is 428 g/mol. The fourth-order valence-corrected chi connectivity index (χ4v) is 3.94. The smallest absolute Gasteiger partial charge is 0.339 e. The van der Waals surface area contributed by atoms with Crippen LogP contribution in [-0.2, 0) is 4.74 Å². The van der Waals surface area contributed by atoms with Gasteiger partial charge < -0.3 is 14.0 Å². The fourth-order valence-electron chi connectivity index (χ4n) is 3.94. The summed E-state index contributed by atoms with van der Waals surface area (Å²) in [5, 5.41) is 0.702. The van der Waals surface area contributed by atoms with Crippen molar-refractivity contribution in [1.29, 1.82) is 0 Å². The van der Waals surface area contributed by atoms with E-state index in [0.717, 1.165) is 22.8 Å². The lowest BCUT2D eigenvalue weighted by Crippen LogP contribution is -2.15. The topological polar surface area (TPSA) is 70.4 Å². The minimum Gasteiger partial charge on any atom is -0.497 e. The molecule has 0 unspecified atom stereocenters. The molecule has 0 fully saturated rings. The minimum absolute atomic E-state index is 0.249. The maximum absolute atomic E-state index is 12.9. The number of ketones is 1. The van der Waals surface area contributed by atoms with Gasteiger partial charge in [-0.25, -0.2) is 4.79 Å². The van der Waals surface area contributed by atoms with Crippen LogP contribution in [0.15, 0.2) is 60.7 Å². The molecule has 0 saturated carbocycles. The predicted molar refractivity (Wildman–Crippen MR) is 123 cm³/mol. The number of benzene rings is 2. The number of esters is 1. The van der Waals surface area contributed by atoms with Gasteiger partial charge in [-0.05, 0) is 63.2 Å².